The van der Waals surface area contributed by atoms with Gasteiger partial charge in [0, 0.05) is 13.5 Å². The van der Waals surface area contributed by atoms with Gasteiger partial charge in [0.2, 0.25) is 0 Å². The largest absolute Gasteiger partial charge is 0.487 e. The Balaban J connectivity index is 1.72. The normalized spacial score (nSPS) is 13.5. The van der Waals surface area contributed by atoms with E-state index in [1.807, 2.05) is 0 Å². The van der Waals surface area contributed by atoms with Crippen LogP contribution in [0.15, 0.2) is 24.3 Å². The minimum atomic E-state index is -0.171. The molecule has 0 spiro atoms. The van der Waals surface area contributed by atoms with E-state index < -0.39 is 0 Å². The molecule has 0 radical (unpaired) electrons. The Morgan fingerprint density at radius 2 is 1.62 bits per heavy atom. The van der Waals surface area contributed by atoms with E-state index in [0.29, 0.717) is 29.3 Å². The zero-order valence-corrected chi connectivity index (χ0v) is 12.9. The van der Waals surface area contributed by atoms with Crippen molar-refractivity contribution in [1.82, 2.24) is 4.90 Å². The van der Waals surface area contributed by atoms with Crippen molar-refractivity contribution in [2.24, 2.45) is 0 Å². The lowest BCUT2D eigenvalue weighted by Crippen LogP contribution is -2.30. The molecule has 0 saturated heterocycles. The second-order valence-corrected chi connectivity index (χ2v) is 5.64. The van der Waals surface area contributed by atoms with E-state index >= 15 is 0 Å². The highest BCUT2D eigenvalue weighted by molar-refractivity contribution is 7.80. The fraction of sp³-hybridized carbons (Fsp3) is 0.438. The van der Waals surface area contributed by atoms with Gasteiger partial charge < -0.3 is 4.74 Å². The van der Waals surface area contributed by atoms with Gasteiger partial charge in [-0.1, -0.05) is 25.0 Å². The second-order valence-electron chi connectivity index (χ2n) is 5.06. The first-order chi connectivity index (χ1) is 10.1. The third kappa shape index (κ3) is 3.88. The summed E-state index contributed by atoms with van der Waals surface area (Å²) in [4.78, 5) is 25.6. The van der Waals surface area contributed by atoms with Gasteiger partial charge in [-0.15, -0.1) is 0 Å². The number of thiocarbonyl (C=S) groups is 1. The first-order valence-corrected chi connectivity index (χ1v) is 7.60. The number of hydrogen-bond acceptors (Lipinski definition) is 4. The van der Waals surface area contributed by atoms with Gasteiger partial charge in [0.25, 0.3) is 11.8 Å². The first-order valence-electron chi connectivity index (χ1n) is 7.20. The van der Waals surface area contributed by atoms with Gasteiger partial charge in [0.1, 0.15) is 0 Å². The van der Waals surface area contributed by atoms with E-state index in [0.717, 1.165) is 25.7 Å². The van der Waals surface area contributed by atoms with Crippen LogP contribution in [0.2, 0.25) is 0 Å². The molecule has 0 saturated carbocycles. The zero-order valence-electron chi connectivity index (χ0n) is 12.1. The van der Waals surface area contributed by atoms with Gasteiger partial charge in [0.15, 0.2) is 5.05 Å². The average molecular weight is 305 g/mol. The summed E-state index contributed by atoms with van der Waals surface area (Å²) in [6.45, 7) is 2.89. The molecule has 4 nitrogen and oxygen atoms in total. The lowest BCUT2D eigenvalue weighted by Gasteiger charge is -2.13. The van der Waals surface area contributed by atoms with Crippen LogP contribution in [-0.2, 0) is 4.74 Å². The number of fused-ring (bicyclic) bond motifs is 1. The maximum atomic E-state index is 12.1. The topological polar surface area (TPSA) is 46.6 Å². The van der Waals surface area contributed by atoms with Crippen LogP contribution in [0.3, 0.4) is 0 Å². The molecule has 2 rings (SSSR count). The van der Waals surface area contributed by atoms with Crippen molar-refractivity contribution in [1.29, 1.82) is 0 Å². The fourth-order valence-electron chi connectivity index (χ4n) is 2.38. The molecule has 112 valence electrons. The number of nitrogens with zero attached hydrogens (tertiary/aromatic N) is 1. The van der Waals surface area contributed by atoms with E-state index in [9.17, 15) is 9.59 Å². The molecule has 0 fully saturated rings. The summed E-state index contributed by atoms with van der Waals surface area (Å²) in [5, 5.41) is 0.570. The summed E-state index contributed by atoms with van der Waals surface area (Å²) in [6.07, 6.45) is 3.73. The van der Waals surface area contributed by atoms with Gasteiger partial charge in [-0.25, -0.2) is 0 Å². The number of rotatable bonds is 7. The Morgan fingerprint density at radius 1 is 1.05 bits per heavy atom. The average Bonchev–Trinajstić information content (AvgIpc) is 2.71. The van der Waals surface area contributed by atoms with Crippen LogP contribution in [0.5, 0.6) is 0 Å². The van der Waals surface area contributed by atoms with Crippen molar-refractivity contribution < 1.29 is 14.3 Å². The molecular formula is C16H19NO3S. The van der Waals surface area contributed by atoms with Crippen LogP contribution in [0, 0.1) is 0 Å². The number of benzene rings is 1. The zero-order chi connectivity index (χ0) is 15.2. The third-order valence-corrected chi connectivity index (χ3v) is 3.58. The number of carbonyl (C=O) groups is 2. The van der Waals surface area contributed by atoms with Crippen molar-refractivity contribution in [3.05, 3.63) is 35.4 Å². The quantitative estimate of drug-likeness (QED) is 0.441. The summed E-state index contributed by atoms with van der Waals surface area (Å²) in [5.41, 5.74) is 1.04. The van der Waals surface area contributed by atoms with E-state index in [1.165, 1.54) is 4.90 Å². The van der Waals surface area contributed by atoms with Gasteiger partial charge >= 0.3 is 0 Å². The van der Waals surface area contributed by atoms with Crippen LogP contribution in [-0.4, -0.2) is 34.9 Å². The Kier molecular flexibility index (Phi) is 5.44. The van der Waals surface area contributed by atoms with Gasteiger partial charge in [0.05, 0.1) is 17.7 Å². The molecule has 2 amide bonds. The van der Waals surface area contributed by atoms with E-state index in [2.05, 4.69) is 0 Å². The third-order valence-electron chi connectivity index (χ3n) is 3.46. The highest BCUT2D eigenvalue weighted by Crippen LogP contribution is 2.22. The number of hydrogen-bond donors (Lipinski definition) is 0. The van der Waals surface area contributed by atoms with Crippen molar-refractivity contribution >= 4 is 29.1 Å². The maximum absolute atomic E-state index is 12.1. The molecule has 0 atom stereocenters. The first kappa shape index (κ1) is 15.6. The fourth-order valence-corrected chi connectivity index (χ4v) is 2.47. The summed E-state index contributed by atoms with van der Waals surface area (Å²) < 4.78 is 5.21. The van der Waals surface area contributed by atoms with Crippen molar-refractivity contribution in [2.75, 3.05) is 13.2 Å². The number of imide groups is 1. The standard InChI is InChI=1S/C16H19NO3S/c1-12(21)20-11-7-3-2-6-10-17-15(18)13-8-4-5-9-14(13)16(17)19/h4-5,8-9H,2-3,6-7,10-11H2,1H3. The minimum Gasteiger partial charge on any atom is -0.487 e. The number of ether oxygens (including phenoxy) is 1. The molecule has 21 heavy (non-hydrogen) atoms. The Labute approximate surface area is 130 Å². The van der Waals surface area contributed by atoms with Gasteiger partial charge in [-0.2, -0.15) is 0 Å². The number of amides is 2. The van der Waals surface area contributed by atoms with Crippen LogP contribution in [0.4, 0.5) is 0 Å². The lowest BCUT2D eigenvalue weighted by molar-refractivity contribution is 0.0651. The molecular weight excluding hydrogens is 286 g/mol. The van der Waals surface area contributed by atoms with E-state index in [-0.39, 0.29) is 11.8 Å². The molecule has 0 N–H and O–H groups in total. The molecule has 1 aliphatic rings. The Bertz CT molecular complexity index is 521. The molecule has 5 heteroatoms. The summed E-state index contributed by atoms with van der Waals surface area (Å²) in [6, 6.07) is 6.98. The van der Waals surface area contributed by atoms with Crippen LogP contribution < -0.4 is 0 Å². The Morgan fingerprint density at radius 3 is 2.19 bits per heavy atom. The molecule has 0 unspecified atom stereocenters. The molecule has 0 aliphatic carbocycles. The van der Waals surface area contributed by atoms with Crippen molar-refractivity contribution in [2.45, 2.75) is 32.6 Å². The minimum absolute atomic E-state index is 0.171. The van der Waals surface area contributed by atoms with Gasteiger partial charge in [-0.3, -0.25) is 14.5 Å². The molecule has 1 aliphatic heterocycles. The Hall–Kier alpha value is -1.75. The van der Waals surface area contributed by atoms with Crippen molar-refractivity contribution in [3.63, 3.8) is 0 Å². The van der Waals surface area contributed by atoms with E-state index in [4.69, 9.17) is 17.0 Å². The van der Waals surface area contributed by atoms with E-state index in [1.54, 1.807) is 31.2 Å². The highest BCUT2D eigenvalue weighted by atomic mass is 32.1. The van der Waals surface area contributed by atoms with Gasteiger partial charge in [-0.05, 0) is 37.2 Å². The summed E-state index contributed by atoms with van der Waals surface area (Å²) in [7, 11) is 0. The smallest absolute Gasteiger partial charge is 0.261 e. The summed E-state index contributed by atoms with van der Waals surface area (Å²) >= 11 is 4.83. The SMILES string of the molecule is CC(=S)OCCCCCCN1C(=O)c2ccccc2C1=O. The highest BCUT2D eigenvalue weighted by Gasteiger charge is 2.34. The monoisotopic (exact) mass is 305 g/mol. The second kappa shape index (κ2) is 7.31. The molecule has 1 aromatic carbocycles. The maximum Gasteiger partial charge on any atom is 0.261 e. The number of unbranched alkanes of at least 4 members (excludes halogenated alkanes) is 3. The van der Waals surface area contributed by atoms with Crippen LogP contribution in [0.1, 0.15) is 53.3 Å². The van der Waals surface area contributed by atoms with Crippen molar-refractivity contribution in [3.8, 4) is 0 Å². The predicted molar refractivity (Wildman–Crippen MR) is 84.5 cm³/mol. The molecule has 0 aromatic heterocycles. The molecule has 1 aromatic rings. The van der Waals surface area contributed by atoms with Crippen LogP contribution in [0.25, 0.3) is 0 Å². The predicted octanol–water partition coefficient (Wildman–Crippen LogP) is 3.21. The number of carbonyl (C=O) groups excluding carboxylic acids is 2. The molecule has 0 bridgehead atoms. The van der Waals surface area contributed by atoms with Crippen LogP contribution >= 0.6 is 12.2 Å². The molecule has 1 heterocycles. The lowest BCUT2D eigenvalue weighted by atomic mass is 10.1. The summed E-state index contributed by atoms with van der Waals surface area (Å²) in [5.74, 6) is -0.342.